The van der Waals surface area contributed by atoms with Crippen LogP contribution in [0.4, 0.5) is 11.4 Å². The van der Waals surface area contributed by atoms with Crippen molar-refractivity contribution in [2.24, 2.45) is 0 Å². The van der Waals surface area contributed by atoms with Crippen molar-refractivity contribution in [1.29, 1.82) is 0 Å². The number of nitrogens with two attached hydrogens (primary N) is 1. The van der Waals surface area contributed by atoms with Crippen molar-refractivity contribution < 1.29 is 9.53 Å². The lowest BCUT2D eigenvalue weighted by molar-refractivity contribution is -0.116. The molecule has 0 spiro atoms. The van der Waals surface area contributed by atoms with Gasteiger partial charge in [-0.2, -0.15) is 0 Å². The second-order valence-electron chi connectivity index (χ2n) is 3.58. The third kappa shape index (κ3) is 5.06. The average Bonchev–Trinajstić information content (AvgIpc) is 2.28. The Morgan fingerprint density at radius 2 is 2.29 bits per heavy atom. The lowest BCUT2D eigenvalue weighted by Gasteiger charge is -2.08. The summed E-state index contributed by atoms with van der Waals surface area (Å²) in [5, 5.41) is 3.29. The molecule has 3 N–H and O–H groups in total. The van der Waals surface area contributed by atoms with Gasteiger partial charge in [0.2, 0.25) is 5.91 Å². The molecule has 17 heavy (non-hydrogen) atoms. The molecule has 0 saturated heterocycles. The number of carbonyl (C=O) groups is 1. The van der Waals surface area contributed by atoms with Crippen molar-refractivity contribution in [2.45, 2.75) is 19.8 Å². The van der Waals surface area contributed by atoms with E-state index in [1.807, 2.05) is 6.92 Å². The molecule has 0 atom stereocenters. The van der Waals surface area contributed by atoms with Gasteiger partial charge in [0.15, 0.2) is 0 Å². The molecule has 1 aromatic carbocycles. The van der Waals surface area contributed by atoms with Crippen LogP contribution in [0.1, 0.15) is 19.8 Å². The third-order valence-corrected chi connectivity index (χ3v) is 2.42. The van der Waals surface area contributed by atoms with E-state index in [0.29, 0.717) is 42.5 Å². The molecule has 0 unspecified atom stereocenters. The monoisotopic (exact) mass is 256 g/mol. The summed E-state index contributed by atoms with van der Waals surface area (Å²) in [5.41, 5.74) is 6.78. The molecule has 1 aromatic rings. The molecule has 94 valence electrons. The smallest absolute Gasteiger partial charge is 0.224 e. The van der Waals surface area contributed by atoms with E-state index in [2.05, 4.69) is 5.32 Å². The van der Waals surface area contributed by atoms with Crippen LogP contribution in [0.15, 0.2) is 18.2 Å². The zero-order chi connectivity index (χ0) is 12.7. The largest absolute Gasteiger partial charge is 0.397 e. The summed E-state index contributed by atoms with van der Waals surface area (Å²) in [6, 6.07) is 4.99. The fourth-order valence-electron chi connectivity index (χ4n) is 1.34. The van der Waals surface area contributed by atoms with Gasteiger partial charge in [-0.3, -0.25) is 4.79 Å². The number of anilines is 2. The van der Waals surface area contributed by atoms with Gasteiger partial charge in [-0.25, -0.2) is 0 Å². The van der Waals surface area contributed by atoms with Crippen LogP contribution < -0.4 is 11.1 Å². The number of rotatable bonds is 6. The highest BCUT2D eigenvalue weighted by molar-refractivity contribution is 6.31. The second-order valence-corrected chi connectivity index (χ2v) is 4.02. The predicted molar refractivity (Wildman–Crippen MR) is 70.2 cm³/mol. The summed E-state index contributed by atoms with van der Waals surface area (Å²) < 4.78 is 5.15. The van der Waals surface area contributed by atoms with Crippen molar-refractivity contribution in [3.05, 3.63) is 23.2 Å². The number of nitrogen functional groups attached to an aromatic ring is 1. The highest BCUT2D eigenvalue weighted by Crippen LogP contribution is 2.22. The van der Waals surface area contributed by atoms with Crippen LogP contribution in [0, 0.1) is 0 Å². The molecule has 0 aliphatic rings. The number of hydrogen-bond acceptors (Lipinski definition) is 3. The Bertz CT molecular complexity index is 383. The van der Waals surface area contributed by atoms with Gasteiger partial charge in [-0.15, -0.1) is 0 Å². The Kier molecular flexibility index (Phi) is 5.80. The minimum Gasteiger partial charge on any atom is -0.397 e. The van der Waals surface area contributed by atoms with Gasteiger partial charge in [0.25, 0.3) is 0 Å². The second kappa shape index (κ2) is 7.14. The molecule has 0 aliphatic heterocycles. The Balaban J connectivity index is 2.40. The van der Waals surface area contributed by atoms with Crippen molar-refractivity contribution in [2.75, 3.05) is 24.3 Å². The molecule has 4 nitrogen and oxygen atoms in total. The number of benzene rings is 1. The molecular formula is C12H17ClN2O2. The number of hydrogen-bond donors (Lipinski definition) is 2. The first-order chi connectivity index (χ1) is 8.13. The van der Waals surface area contributed by atoms with Crippen LogP contribution in [-0.4, -0.2) is 19.1 Å². The quantitative estimate of drug-likeness (QED) is 0.608. The topological polar surface area (TPSA) is 64.3 Å². The molecule has 1 amide bonds. The zero-order valence-electron chi connectivity index (χ0n) is 9.83. The Hall–Kier alpha value is -1.26. The van der Waals surface area contributed by atoms with Gasteiger partial charge >= 0.3 is 0 Å². The van der Waals surface area contributed by atoms with Crippen LogP contribution in [0.25, 0.3) is 0 Å². The zero-order valence-corrected chi connectivity index (χ0v) is 10.6. The Morgan fingerprint density at radius 1 is 1.53 bits per heavy atom. The maximum Gasteiger partial charge on any atom is 0.224 e. The highest BCUT2D eigenvalue weighted by atomic mass is 35.5. The van der Waals surface area contributed by atoms with Gasteiger partial charge in [0, 0.05) is 24.7 Å². The minimum atomic E-state index is -0.0706. The number of carbonyl (C=O) groups excluding carboxylic acids is 1. The van der Waals surface area contributed by atoms with Crippen LogP contribution >= 0.6 is 11.6 Å². The van der Waals surface area contributed by atoms with Crippen molar-refractivity contribution in [3.63, 3.8) is 0 Å². The SMILES string of the molecule is CCOCCCC(=O)Nc1ccc(Cl)cc1N. The Labute approximate surface area is 106 Å². The highest BCUT2D eigenvalue weighted by Gasteiger charge is 2.05. The lowest BCUT2D eigenvalue weighted by atomic mass is 10.2. The maximum atomic E-state index is 11.6. The first-order valence-corrected chi connectivity index (χ1v) is 5.94. The summed E-state index contributed by atoms with van der Waals surface area (Å²) in [5.74, 6) is -0.0706. The normalized spacial score (nSPS) is 10.2. The molecular weight excluding hydrogens is 240 g/mol. The fraction of sp³-hybridized carbons (Fsp3) is 0.417. The molecule has 0 aromatic heterocycles. The van der Waals surface area contributed by atoms with Gasteiger partial charge in [-0.05, 0) is 31.5 Å². The standard InChI is InChI=1S/C12H17ClN2O2/c1-2-17-7-3-4-12(16)15-11-6-5-9(13)8-10(11)14/h5-6,8H,2-4,7,14H2,1H3,(H,15,16). The molecule has 0 heterocycles. The van der Waals surface area contributed by atoms with E-state index < -0.39 is 0 Å². The average molecular weight is 257 g/mol. The van der Waals surface area contributed by atoms with Crippen LogP contribution in [0.3, 0.4) is 0 Å². The Morgan fingerprint density at radius 3 is 2.94 bits per heavy atom. The number of amides is 1. The summed E-state index contributed by atoms with van der Waals surface area (Å²) in [6.07, 6.45) is 1.12. The van der Waals surface area contributed by atoms with Gasteiger partial charge < -0.3 is 15.8 Å². The number of nitrogens with one attached hydrogen (secondary N) is 1. The van der Waals surface area contributed by atoms with Gasteiger partial charge in [-0.1, -0.05) is 11.6 Å². The van der Waals surface area contributed by atoms with E-state index in [1.165, 1.54) is 0 Å². The van der Waals surface area contributed by atoms with Crippen LogP contribution in [0.5, 0.6) is 0 Å². The van der Waals surface area contributed by atoms with E-state index in [4.69, 9.17) is 22.1 Å². The molecule has 0 aliphatic carbocycles. The molecule has 0 radical (unpaired) electrons. The third-order valence-electron chi connectivity index (χ3n) is 2.18. The molecule has 1 rings (SSSR count). The summed E-state index contributed by atoms with van der Waals surface area (Å²) >= 11 is 5.76. The van der Waals surface area contributed by atoms with Gasteiger partial charge in [0.1, 0.15) is 0 Å². The first kappa shape index (κ1) is 13.8. The summed E-state index contributed by atoms with van der Waals surface area (Å²) in [6.45, 7) is 3.19. The predicted octanol–water partition coefficient (Wildman–Crippen LogP) is 2.68. The van der Waals surface area contributed by atoms with Gasteiger partial charge in [0.05, 0.1) is 11.4 Å². The summed E-state index contributed by atoms with van der Waals surface area (Å²) in [4.78, 5) is 11.6. The van der Waals surface area contributed by atoms with E-state index in [1.54, 1.807) is 18.2 Å². The van der Waals surface area contributed by atoms with Crippen molar-refractivity contribution in [1.82, 2.24) is 0 Å². The van der Waals surface area contributed by atoms with Crippen molar-refractivity contribution in [3.8, 4) is 0 Å². The van der Waals surface area contributed by atoms with E-state index >= 15 is 0 Å². The summed E-state index contributed by atoms with van der Waals surface area (Å²) in [7, 11) is 0. The van der Waals surface area contributed by atoms with E-state index in [-0.39, 0.29) is 5.91 Å². The first-order valence-electron chi connectivity index (χ1n) is 5.56. The molecule has 0 saturated carbocycles. The van der Waals surface area contributed by atoms with Crippen molar-refractivity contribution >= 4 is 28.9 Å². The molecule has 0 fully saturated rings. The lowest BCUT2D eigenvalue weighted by Crippen LogP contribution is -2.13. The number of halogens is 1. The number of ether oxygens (including phenoxy) is 1. The molecule has 5 heteroatoms. The maximum absolute atomic E-state index is 11.6. The van der Waals surface area contributed by atoms with E-state index in [0.717, 1.165) is 0 Å². The molecule has 0 bridgehead atoms. The van der Waals surface area contributed by atoms with E-state index in [9.17, 15) is 4.79 Å². The fourth-order valence-corrected chi connectivity index (χ4v) is 1.52. The minimum absolute atomic E-state index is 0.0706. The van der Waals surface area contributed by atoms with Crippen LogP contribution in [-0.2, 0) is 9.53 Å². The van der Waals surface area contributed by atoms with Crippen LogP contribution in [0.2, 0.25) is 5.02 Å².